The fraction of sp³-hybridized carbons (Fsp3) is 0.188. The van der Waals surface area contributed by atoms with E-state index in [1.165, 1.54) is 7.11 Å². The average molecular weight is 287 g/mol. The van der Waals surface area contributed by atoms with Crippen molar-refractivity contribution in [2.24, 2.45) is 0 Å². The molecular formula is C16H17NO4. The van der Waals surface area contributed by atoms with Crippen LogP contribution in [0.3, 0.4) is 0 Å². The van der Waals surface area contributed by atoms with Gasteiger partial charge in [0.05, 0.1) is 12.7 Å². The molecule has 21 heavy (non-hydrogen) atoms. The molecule has 2 aromatic carbocycles. The molecule has 110 valence electrons. The third kappa shape index (κ3) is 3.45. The minimum absolute atomic E-state index is 0.0882. The summed E-state index contributed by atoms with van der Waals surface area (Å²) < 4.78 is 5.06. The number of rotatable bonds is 5. The molecular weight excluding hydrogens is 270 g/mol. The predicted molar refractivity (Wildman–Crippen MR) is 80.1 cm³/mol. The summed E-state index contributed by atoms with van der Waals surface area (Å²) in [7, 11) is 1.49. The number of aromatic hydroxyl groups is 1. The average Bonchev–Trinajstić information content (AvgIpc) is 2.47. The van der Waals surface area contributed by atoms with Crippen LogP contribution in [0, 0.1) is 6.92 Å². The van der Waals surface area contributed by atoms with E-state index in [0.29, 0.717) is 12.3 Å². The van der Waals surface area contributed by atoms with Gasteiger partial charge in [0.15, 0.2) is 11.5 Å². The van der Waals surface area contributed by atoms with Crippen molar-refractivity contribution in [2.75, 3.05) is 12.4 Å². The Hall–Kier alpha value is -2.69. The third-order valence-electron chi connectivity index (χ3n) is 3.21. The molecule has 0 unspecified atom stereocenters. The van der Waals surface area contributed by atoms with Gasteiger partial charge in [0.2, 0.25) is 0 Å². The minimum Gasteiger partial charge on any atom is -0.504 e. The summed E-state index contributed by atoms with van der Waals surface area (Å²) in [6.45, 7) is 2.41. The van der Waals surface area contributed by atoms with E-state index < -0.39 is 5.97 Å². The largest absolute Gasteiger partial charge is 0.504 e. The quantitative estimate of drug-likeness (QED) is 0.787. The Kier molecular flexibility index (Phi) is 4.33. The summed E-state index contributed by atoms with van der Waals surface area (Å²) in [5.74, 6) is -0.458. The number of nitrogens with one attached hydrogen (secondary N) is 1. The van der Waals surface area contributed by atoms with Crippen molar-refractivity contribution < 1.29 is 19.7 Å². The standard InChI is InChI=1S/C16H17NO4/c1-10-3-5-12(16(19)20)8-13(10)17-9-11-4-6-14(18)15(7-11)21-2/h3-8,17-18H,9H2,1-2H3,(H,19,20). The van der Waals surface area contributed by atoms with Crippen LogP contribution in [0.4, 0.5) is 5.69 Å². The SMILES string of the molecule is COc1cc(CNc2cc(C(=O)O)ccc2C)ccc1O. The van der Waals surface area contributed by atoms with Gasteiger partial charge >= 0.3 is 5.97 Å². The lowest BCUT2D eigenvalue weighted by molar-refractivity contribution is 0.0697. The van der Waals surface area contributed by atoms with Crippen molar-refractivity contribution in [2.45, 2.75) is 13.5 Å². The number of benzene rings is 2. The van der Waals surface area contributed by atoms with Crippen LogP contribution in [-0.4, -0.2) is 23.3 Å². The number of phenols is 1. The predicted octanol–water partition coefficient (Wildman–Crippen LogP) is 3.02. The second-order valence-corrected chi connectivity index (χ2v) is 4.69. The van der Waals surface area contributed by atoms with Crippen molar-refractivity contribution in [1.29, 1.82) is 0 Å². The molecule has 0 bridgehead atoms. The normalized spacial score (nSPS) is 10.2. The van der Waals surface area contributed by atoms with Gasteiger partial charge in [0.1, 0.15) is 0 Å². The van der Waals surface area contributed by atoms with E-state index in [4.69, 9.17) is 9.84 Å². The Labute approximate surface area is 122 Å². The van der Waals surface area contributed by atoms with Crippen molar-refractivity contribution in [3.8, 4) is 11.5 Å². The number of aryl methyl sites for hydroxylation is 1. The van der Waals surface area contributed by atoms with Crippen LogP contribution in [-0.2, 0) is 6.54 Å². The summed E-state index contributed by atoms with van der Waals surface area (Å²) in [6, 6.07) is 10.0. The van der Waals surface area contributed by atoms with Crippen LogP contribution in [0.15, 0.2) is 36.4 Å². The molecule has 0 spiro atoms. The molecule has 0 saturated carbocycles. The van der Waals surface area contributed by atoms with Gasteiger partial charge in [-0.2, -0.15) is 0 Å². The van der Waals surface area contributed by atoms with E-state index in [-0.39, 0.29) is 11.3 Å². The van der Waals surface area contributed by atoms with Gasteiger partial charge in [-0.15, -0.1) is 0 Å². The smallest absolute Gasteiger partial charge is 0.335 e. The van der Waals surface area contributed by atoms with Gasteiger partial charge in [0.25, 0.3) is 0 Å². The number of hydrogen-bond acceptors (Lipinski definition) is 4. The van der Waals surface area contributed by atoms with Crippen LogP contribution >= 0.6 is 0 Å². The van der Waals surface area contributed by atoms with Gasteiger partial charge in [-0.3, -0.25) is 0 Å². The second-order valence-electron chi connectivity index (χ2n) is 4.69. The first kappa shape index (κ1) is 14.7. The van der Waals surface area contributed by atoms with Crippen molar-refractivity contribution >= 4 is 11.7 Å². The molecule has 0 aliphatic heterocycles. The second kappa shape index (κ2) is 6.17. The molecule has 5 heteroatoms. The molecule has 0 aliphatic rings. The van der Waals surface area contributed by atoms with E-state index in [1.54, 1.807) is 36.4 Å². The number of hydrogen-bond donors (Lipinski definition) is 3. The van der Waals surface area contributed by atoms with E-state index in [2.05, 4.69) is 5.32 Å². The minimum atomic E-state index is -0.954. The van der Waals surface area contributed by atoms with Crippen molar-refractivity contribution in [3.63, 3.8) is 0 Å². The van der Waals surface area contributed by atoms with Crippen LogP contribution in [0.5, 0.6) is 11.5 Å². The Balaban J connectivity index is 2.16. The monoisotopic (exact) mass is 287 g/mol. The van der Waals surface area contributed by atoms with Crippen LogP contribution in [0.2, 0.25) is 0 Å². The molecule has 3 N–H and O–H groups in total. The Bertz CT molecular complexity index is 667. The number of anilines is 1. The Morgan fingerprint density at radius 1 is 1.24 bits per heavy atom. The first-order chi connectivity index (χ1) is 10.0. The summed E-state index contributed by atoms with van der Waals surface area (Å²) in [5.41, 5.74) is 2.89. The number of carbonyl (C=O) groups is 1. The molecule has 0 aliphatic carbocycles. The first-order valence-electron chi connectivity index (χ1n) is 6.45. The molecule has 5 nitrogen and oxygen atoms in total. The number of methoxy groups -OCH3 is 1. The highest BCUT2D eigenvalue weighted by Gasteiger charge is 2.07. The zero-order chi connectivity index (χ0) is 15.4. The summed E-state index contributed by atoms with van der Waals surface area (Å²) in [4.78, 5) is 11.0. The number of carboxylic acid groups (broad SMARTS) is 1. The maximum atomic E-state index is 11.0. The van der Waals surface area contributed by atoms with Gasteiger partial charge in [0, 0.05) is 12.2 Å². The number of ether oxygens (including phenoxy) is 1. The third-order valence-corrected chi connectivity index (χ3v) is 3.21. The highest BCUT2D eigenvalue weighted by Crippen LogP contribution is 2.27. The molecule has 2 rings (SSSR count). The zero-order valence-electron chi connectivity index (χ0n) is 11.9. The van der Waals surface area contributed by atoms with Gasteiger partial charge < -0.3 is 20.3 Å². The lowest BCUT2D eigenvalue weighted by atomic mass is 10.1. The van der Waals surface area contributed by atoms with Crippen LogP contribution in [0.25, 0.3) is 0 Å². The Morgan fingerprint density at radius 3 is 2.67 bits per heavy atom. The maximum Gasteiger partial charge on any atom is 0.335 e. The van der Waals surface area contributed by atoms with Gasteiger partial charge in [-0.25, -0.2) is 4.79 Å². The highest BCUT2D eigenvalue weighted by atomic mass is 16.5. The summed E-state index contributed by atoms with van der Waals surface area (Å²) in [5, 5.41) is 21.8. The van der Waals surface area contributed by atoms with Crippen LogP contribution < -0.4 is 10.1 Å². The molecule has 0 amide bonds. The molecule has 0 heterocycles. The topological polar surface area (TPSA) is 78.8 Å². The zero-order valence-corrected chi connectivity index (χ0v) is 11.9. The van der Waals surface area contributed by atoms with E-state index in [0.717, 1.165) is 16.8 Å². The lowest BCUT2D eigenvalue weighted by Crippen LogP contribution is -2.04. The summed E-state index contributed by atoms with van der Waals surface area (Å²) in [6.07, 6.45) is 0. The molecule has 2 aromatic rings. The number of carboxylic acids is 1. The van der Waals surface area contributed by atoms with E-state index >= 15 is 0 Å². The fourth-order valence-corrected chi connectivity index (χ4v) is 1.97. The van der Waals surface area contributed by atoms with Crippen molar-refractivity contribution in [3.05, 3.63) is 53.1 Å². The van der Waals surface area contributed by atoms with E-state index in [9.17, 15) is 9.90 Å². The molecule has 0 saturated heterocycles. The van der Waals surface area contributed by atoms with E-state index in [1.807, 2.05) is 6.92 Å². The van der Waals surface area contributed by atoms with Gasteiger partial charge in [-0.1, -0.05) is 12.1 Å². The molecule has 0 fully saturated rings. The van der Waals surface area contributed by atoms with Crippen molar-refractivity contribution in [1.82, 2.24) is 0 Å². The Morgan fingerprint density at radius 2 is 2.00 bits per heavy atom. The highest BCUT2D eigenvalue weighted by molar-refractivity contribution is 5.89. The number of aromatic carboxylic acids is 1. The maximum absolute atomic E-state index is 11.0. The lowest BCUT2D eigenvalue weighted by Gasteiger charge is -2.12. The van der Waals surface area contributed by atoms with Crippen LogP contribution in [0.1, 0.15) is 21.5 Å². The fourth-order valence-electron chi connectivity index (χ4n) is 1.97. The molecule has 0 radical (unpaired) electrons. The molecule has 0 aromatic heterocycles. The van der Waals surface area contributed by atoms with Gasteiger partial charge in [-0.05, 0) is 42.3 Å². The summed E-state index contributed by atoms with van der Waals surface area (Å²) >= 11 is 0. The molecule has 0 atom stereocenters. The number of phenolic OH excluding ortho intramolecular Hbond substituents is 1. The first-order valence-corrected chi connectivity index (χ1v) is 6.45.